The van der Waals surface area contributed by atoms with Crippen LogP contribution in [0.25, 0.3) is 0 Å². The molecule has 1 rings (SSSR count). The average Bonchev–Trinajstić information content (AvgIpc) is 2.19. The minimum Gasteiger partial charge on any atom is -0.383 e. The summed E-state index contributed by atoms with van der Waals surface area (Å²) in [5.74, 6) is 0. The molecule has 0 fully saturated rings. The van der Waals surface area contributed by atoms with Crippen molar-refractivity contribution in [2.45, 2.75) is 13.0 Å². The Morgan fingerprint density at radius 3 is 2.93 bits per heavy atom. The lowest BCUT2D eigenvalue weighted by Gasteiger charge is -2.13. The van der Waals surface area contributed by atoms with E-state index in [1.807, 2.05) is 19.1 Å². The third-order valence-corrected chi connectivity index (χ3v) is 1.71. The number of nitrogens with zero attached hydrogens (tertiary/aromatic N) is 2. The highest BCUT2D eigenvalue weighted by Crippen LogP contribution is 2.07. The summed E-state index contributed by atoms with van der Waals surface area (Å²) < 4.78 is 4.99. The van der Waals surface area contributed by atoms with Gasteiger partial charge in [-0.2, -0.15) is 5.26 Å². The van der Waals surface area contributed by atoms with Crippen LogP contribution in [0, 0.1) is 11.3 Å². The summed E-state index contributed by atoms with van der Waals surface area (Å²) in [6.45, 7) is 2.65. The molecule has 0 radical (unpaired) electrons. The molecule has 0 spiro atoms. The van der Waals surface area contributed by atoms with Gasteiger partial charge in [0.1, 0.15) is 11.8 Å². The molecule has 0 aliphatic carbocycles. The fourth-order valence-corrected chi connectivity index (χ4v) is 1.12. The minimum absolute atomic E-state index is 0.231. The van der Waals surface area contributed by atoms with E-state index in [2.05, 4.69) is 10.3 Å². The average molecular weight is 191 g/mol. The van der Waals surface area contributed by atoms with Gasteiger partial charge >= 0.3 is 0 Å². The Hall–Kier alpha value is -1.60. The second-order valence-corrected chi connectivity index (χ2v) is 3.04. The first-order valence-electron chi connectivity index (χ1n) is 4.38. The van der Waals surface area contributed by atoms with E-state index in [0.29, 0.717) is 12.3 Å². The first kappa shape index (κ1) is 10.5. The van der Waals surface area contributed by atoms with E-state index in [-0.39, 0.29) is 6.04 Å². The lowest BCUT2D eigenvalue weighted by atomic mass is 10.3. The molecular weight excluding hydrogens is 178 g/mol. The summed E-state index contributed by atoms with van der Waals surface area (Å²) in [6.07, 6.45) is 1.64. The van der Waals surface area contributed by atoms with E-state index in [9.17, 15) is 0 Å². The Morgan fingerprint density at radius 1 is 1.64 bits per heavy atom. The Bertz CT molecular complexity index is 315. The zero-order chi connectivity index (χ0) is 10.4. The monoisotopic (exact) mass is 191 g/mol. The van der Waals surface area contributed by atoms with Crippen LogP contribution in [0.3, 0.4) is 0 Å². The maximum Gasteiger partial charge on any atom is 0.140 e. The lowest BCUT2D eigenvalue weighted by Crippen LogP contribution is -2.20. The van der Waals surface area contributed by atoms with Crippen molar-refractivity contribution in [1.29, 1.82) is 5.26 Å². The second-order valence-electron chi connectivity index (χ2n) is 3.04. The number of pyridine rings is 1. The number of methoxy groups -OCH3 is 1. The van der Waals surface area contributed by atoms with Crippen LogP contribution < -0.4 is 5.32 Å². The summed E-state index contributed by atoms with van der Waals surface area (Å²) in [4.78, 5) is 3.95. The van der Waals surface area contributed by atoms with Gasteiger partial charge in [0.15, 0.2) is 0 Å². The number of ether oxygens (including phenoxy) is 1. The van der Waals surface area contributed by atoms with Crippen LogP contribution in [0.4, 0.5) is 5.69 Å². The maximum absolute atomic E-state index is 8.54. The van der Waals surface area contributed by atoms with Crippen molar-refractivity contribution in [2.24, 2.45) is 0 Å². The Labute approximate surface area is 83.5 Å². The normalized spacial score (nSPS) is 11.8. The van der Waals surface area contributed by atoms with Crippen LogP contribution in [0.5, 0.6) is 0 Å². The van der Waals surface area contributed by atoms with Crippen molar-refractivity contribution in [3.63, 3.8) is 0 Å². The minimum atomic E-state index is 0.231. The fraction of sp³-hybridized carbons (Fsp3) is 0.400. The third kappa shape index (κ3) is 3.04. The van der Waals surface area contributed by atoms with Crippen LogP contribution >= 0.6 is 0 Å². The standard InChI is InChI=1S/C10H13N3O/c1-8(7-14-2)13-10-4-3-9(5-11)12-6-10/h3-4,6,8,13H,7H2,1-2H3/t8-/m0/s1. The summed E-state index contributed by atoms with van der Waals surface area (Å²) in [5, 5.41) is 11.7. The number of anilines is 1. The number of nitrogens with one attached hydrogen (secondary N) is 1. The van der Waals surface area contributed by atoms with Crippen molar-refractivity contribution in [3.05, 3.63) is 24.0 Å². The molecule has 0 saturated carbocycles. The van der Waals surface area contributed by atoms with E-state index in [4.69, 9.17) is 10.00 Å². The lowest BCUT2D eigenvalue weighted by molar-refractivity contribution is 0.190. The van der Waals surface area contributed by atoms with E-state index in [1.165, 1.54) is 0 Å². The number of aromatic nitrogens is 1. The predicted octanol–water partition coefficient (Wildman–Crippen LogP) is 1.40. The quantitative estimate of drug-likeness (QED) is 0.781. The van der Waals surface area contributed by atoms with Gasteiger partial charge in [0, 0.05) is 13.2 Å². The Balaban J connectivity index is 2.56. The number of hydrogen-bond acceptors (Lipinski definition) is 4. The smallest absolute Gasteiger partial charge is 0.140 e. The van der Waals surface area contributed by atoms with Crippen molar-refractivity contribution in [3.8, 4) is 6.07 Å². The molecule has 0 aliphatic heterocycles. The van der Waals surface area contributed by atoms with E-state index < -0.39 is 0 Å². The van der Waals surface area contributed by atoms with Crippen molar-refractivity contribution in [2.75, 3.05) is 19.0 Å². The first-order chi connectivity index (χ1) is 6.76. The van der Waals surface area contributed by atoms with E-state index >= 15 is 0 Å². The highest BCUT2D eigenvalue weighted by atomic mass is 16.5. The molecule has 0 unspecified atom stereocenters. The largest absolute Gasteiger partial charge is 0.383 e. The van der Waals surface area contributed by atoms with Gasteiger partial charge in [0.2, 0.25) is 0 Å². The SMILES string of the molecule is COC[C@H](C)Nc1ccc(C#N)nc1. The van der Waals surface area contributed by atoms with Crippen LogP contribution in [0.1, 0.15) is 12.6 Å². The van der Waals surface area contributed by atoms with Gasteiger partial charge in [-0.05, 0) is 19.1 Å². The molecule has 4 heteroatoms. The van der Waals surface area contributed by atoms with Crippen molar-refractivity contribution < 1.29 is 4.74 Å². The fourth-order valence-electron chi connectivity index (χ4n) is 1.12. The van der Waals surface area contributed by atoms with Gasteiger partial charge in [-0.15, -0.1) is 0 Å². The van der Waals surface area contributed by atoms with Crippen LogP contribution in [0.15, 0.2) is 18.3 Å². The molecule has 0 aliphatic rings. The first-order valence-corrected chi connectivity index (χ1v) is 4.38. The summed E-state index contributed by atoms with van der Waals surface area (Å²) in [6, 6.07) is 5.71. The van der Waals surface area contributed by atoms with Crippen molar-refractivity contribution >= 4 is 5.69 Å². The van der Waals surface area contributed by atoms with Gasteiger partial charge in [-0.1, -0.05) is 0 Å². The highest BCUT2D eigenvalue weighted by molar-refractivity contribution is 5.43. The molecule has 1 aromatic rings. The van der Waals surface area contributed by atoms with Crippen molar-refractivity contribution in [1.82, 2.24) is 4.98 Å². The summed E-state index contributed by atoms with van der Waals surface area (Å²) in [7, 11) is 1.66. The third-order valence-electron chi connectivity index (χ3n) is 1.71. The molecule has 0 bridgehead atoms. The van der Waals surface area contributed by atoms with E-state index in [0.717, 1.165) is 5.69 Å². The topological polar surface area (TPSA) is 57.9 Å². The molecule has 1 heterocycles. The zero-order valence-electron chi connectivity index (χ0n) is 8.32. The number of nitriles is 1. The molecular formula is C10H13N3O. The second kappa shape index (κ2) is 5.20. The van der Waals surface area contributed by atoms with Gasteiger partial charge < -0.3 is 10.1 Å². The highest BCUT2D eigenvalue weighted by Gasteiger charge is 2.00. The van der Waals surface area contributed by atoms with E-state index in [1.54, 1.807) is 19.4 Å². The summed E-state index contributed by atoms with van der Waals surface area (Å²) >= 11 is 0. The molecule has 1 aromatic heterocycles. The molecule has 1 atom stereocenters. The molecule has 4 nitrogen and oxygen atoms in total. The molecule has 74 valence electrons. The van der Waals surface area contributed by atoms with Gasteiger partial charge in [-0.3, -0.25) is 0 Å². The Kier molecular flexibility index (Phi) is 3.89. The summed E-state index contributed by atoms with van der Waals surface area (Å²) in [5.41, 5.74) is 1.32. The predicted molar refractivity (Wildman–Crippen MR) is 53.9 cm³/mol. The molecule has 1 N–H and O–H groups in total. The van der Waals surface area contributed by atoms with Gasteiger partial charge in [-0.25, -0.2) is 4.98 Å². The number of rotatable bonds is 4. The van der Waals surface area contributed by atoms with Gasteiger partial charge in [0.05, 0.1) is 18.5 Å². The molecule has 14 heavy (non-hydrogen) atoms. The van der Waals surface area contributed by atoms with Crippen LogP contribution in [0.2, 0.25) is 0 Å². The van der Waals surface area contributed by atoms with Gasteiger partial charge in [0.25, 0.3) is 0 Å². The van der Waals surface area contributed by atoms with Crippen LogP contribution in [-0.2, 0) is 4.74 Å². The number of hydrogen-bond donors (Lipinski definition) is 1. The zero-order valence-corrected chi connectivity index (χ0v) is 8.32. The molecule has 0 aromatic carbocycles. The molecule has 0 amide bonds. The van der Waals surface area contributed by atoms with Crippen LogP contribution in [-0.4, -0.2) is 24.7 Å². The Morgan fingerprint density at radius 2 is 2.43 bits per heavy atom. The molecule has 0 saturated heterocycles. The maximum atomic E-state index is 8.54.